The van der Waals surface area contributed by atoms with Crippen molar-refractivity contribution in [2.45, 2.75) is 6.92 Å². The highest BCUT2D eigenvalue weighted by atomic mass is 16.5. The molecule has 0 saturated heterocycles. The number of nitriles is 1. The van der Waals surface area contributed by atoms with Crippen molar-refractivity contribution in [3.05, 3.63) is 23.9 Å². The predicted octanol–water partition coefficient (Wildman–Crippen LogP) is 1.40. The minimum Gasteiger partial charge on any atom is -0.380 e. The zero-order valence-corrected chi connectivity index (χ0v) is 8.16. The molecule has 0 aliphatic carbocycles. The van der Waals surface area contributed by atoms with E-state index in [2.05, 4.69) is 10.3 Å². The maximum atomic E-state index is 8.54. The molecule has 1 rings (SSSR count). The first-order chi connectivity index (χ1) is 6.86. The van der Waals surface area contributed by atoms with E-state index in [1.54, 1.807) is 18.3 Å². The molecule has 0 spiro atoms. The lowest BCUT2D eigenvalue weighted by molar-refractivity contribution is 0.158. The molecule has 0 unspecified atom stereocenters. The van der Waals surface area contributed by atoms with Crippen molar-refractivity contribution < 1.29 is 4.74 Å². The van der Waals surface area contributed by atoms with E-state index in [4.69, 9.17) is 10.00 Å². The fourth-order valence-electron chi connectivity index (χ4n) is 0.960. The SMILES string of the molecule is CCOCCNc1ccc(C#N)cn1. The fraction of sp³-hybridized carbons (Fsp3) is 0.400. The van der Waals surface area contributed by atoms with Gasteiger partial charge in [-0.3, -0.25) is 0 Å². The van der Waals surface area contributed by atoms with Gasteiger partial charge in [0, 0.05) is 19.3 Å². The van der Waals surface area contributed by atoms with E-state index in [0.29, 0.717) is 12.2 Å². The molecule has 1 N–H and O–H groups in total. The number of nitrogens with zero attached hydrogens (tertiary/aromatic N) is 2. The Labute approximate surface area is 83.5 Å². The molecule has 0 bridgehead atoms. The molecule has 0 fully saturated rings. The van der Waals surface area contributed by atoms with E-state index < -0.39 is 0 Å². The van der Waals surface area contributed by atoms with Gasteiger partial charge in [-0.15, -0.1) is 0 Å². The van der Waals surface area contributed by atoms with Gasteiger partial charge >= 0.3 is 0 Å². The second-order valence-corrected chi connectivity index (χ2v) is 2.67. The van der Waals surface area contributed by atoms with Crippen molar-refractivity contribution in [1.82, 2.24) is 4.98 Å². The van der Waals surface area contributed by atoms with Gasteiger partial charge in [0.25, 0.3) is 0 Å². The minimum atomic E-state index is 0.570. The monoisotopic (exact) mass is 191 g/mol. The van der Waals surface area contributed by atoms with E-state index in [-0.39, 0.29) is 0 Å². The van der Waals surface area contributed by atoms with E-state index in [0.717, 1.165) is 19.0 Å². The number of nitrogens with one attached hydrogen (secondary N) is 1. The lowest BCUT2D eigenvalue weighted by Crippen LogP contribution is -2.09. The Bertz CT molecular complexity index is 302. The summed E-state index contributed by atoms with van der Waals surface area (Å²) in [6.45, 7) is 4.08. The van der Waals surface area contributed by atoms with Crippen LogP contribution >= 0.6 is 0 Å². The maximum absolute atomic E-state index is 8.54. The van der Waals surface area contributed by atoms with Gasteiger partial charge in [0.2, 0.25) is 0 Å². The number of rotatable bonds is 5. The van der Waals surface area contributed by atoms with Crippen LogP contribution < -0.4 is 5.32 Å². The van der Waals surface area contributed by atoms with Crippen molar-refractivity contribution in [3.8, 4) is 6.07 Å². The molecule has 14 heavy (non-hydrogen) atoms. The van der Waals surface area contributed by atoms with Crippen molar-refractivity contribution in [3.63, 3.8) is 0 Å². The maximum Gasteiger partial charge on any atom is 0.126 e. The third-order valence-electron chi connectivity index (χ3n) is 1.65. The quantitative estimate of drug-likeness (QED) is 0.715. The Balaban J connectivity index is 2.33. The molecular weight excluding hydrogens is 178 g/mol. The summed E-state index contributed by atoms with van der Waals surface area (Å²) >= 11 is 0. The lowest BCUT2D eigenvalue weighted by Gasteiger charge is -2.04. The van der Waals surface area contributed by atoms with Crippen molar-refractivity contribution in [2.75, 3.05) is 25.1 Å². The number of anilines is 1. The second-order valence-electron chi connectivity index (χ2n) is 2.67. The van der Waals surface area contributed by atoms with Crippen LogP contribution in [0.3, 0.4) is 0 Å². The summed E-state index contributed by atoms with van der Waals surface area (Å²) in [5, 5.41) is 11.6. The molecule has 0 amide bonds. The Hall–Kier alpha value is -1.60. The molecule has 0 aliphatic heterocycles. The normalized spacial score (nSPS) is 9.43. The Morgan fingerprint density at radius 3 is 3.00 bits per heavy atom. The number of ether oxygens (including phenoxy) is 1. The number of hydrogen-bond acceptors (Lipinski definition) is 4. The molecule has 0 aliphatic rings. The van der Waals surface area contributed by atoms with Crippen LogP contribution in [-0.4, -0.2) is 24.7 Å². The molecule has 0 saturated carbocycles. The first-order valence-electron chi connectivity index (χ1n) is 4.54. The zero-order chi connectivity index (χ0) is 10.2. The lowest BCUT2D eigenvalue weighted by atomic mass is 10.3. The van der Waals surface area contributed by atoms with E-state index in [1.165, 1.54) is 0 Å². The van der Waals surface area contributed by atoms with Gasteiger partial charge in [-0.05, 0) is 19.1 Å². The third kappa shape index (κ3) is 3.42. The average Bonchev–Trinajstić information content (AvgIpc) is 2.25. The Morgan fingerprint density at radius 2 is 2.43 bits per heavy atom. The second kappa shape index (κ2) is 5.95. The summed E-state index contributed by atoms with van der Waals surface area (Å²) in [6.07, 6.45) is 1.54. The highest BCUT2D eigenvalue weighted by Gasteiger charge is 1.93. The Morgan fingerprint density at radius 1 is 1.57 bits per heavy atom. The fourth-order valence-corrected chi connectivity index (χ4v) is 0.960. The summed E-state index contributed by atoms with van der Waals surface area (Å²) in [4.78, 5) is 4.06. The molecule has 4 heteroatoms. The van der Waals surface area contributed by atoms with E-state index in [9.17, 15) is 0 Å². The van der Waals surface area contributed by atoms with E-state index >= 15 is 0 Å². The van der Waals surface area contributed by atoms with Gasteiger partial charge in [0.05, 0.1) is 12.2 Å². The van der Waals surface area contributed by atoms with Gasteiger partial charge in [-0.2, -0.15) is 5.26 Å². The standard InChI is InChI=1S/C10H13N3O/c1-2-14-6-5-12-10-4-3-9(7-11)8-13-10/h3-4,8H,2,5-6H2,1H3,(H,12,13). The third-order valence-corrected chi connectivity index (χ3v) is 1.65. The van der Waals surface area contributed by atoms with Crippen LogP contribution in [0, 0.1) is 11.3 Å². The zero-order valence-electron chi connectivity index (χ0n) is 8.16. The molecule has 1 heterocycles. The highest BCUT2D eigenvalue weighted by Crippen LogP contribution is 2.02. The van der Waals surface area contributed by atoms with Crippen LogP contribution in [0.1, 0.15) is 12.5 Å². The molecular formula is C10H13N3O. The molecule has 1 aromatic heterocycles. The van der Waals surface area contributed by atoms with Crippen molar-refractivity contribution in [1.29, 1.82) is 5.26 Å². The summed E-state index contributed by atoms with van der Waals surface area (Å²) in [5.74, 6) is 0.767. The van der Waals surface area contributed by atoms with Crippen LogP contribution in [-0.2, 0) is 4.74 Å². The summed E-state index contributed by atoms with van der Waals surface area (Å²) in [5.41, 5.74) is 0.570. The molecule has 4 nitrogen and oxygen atoms in total. The molecule has 0 atom stereocenters. The van der Waals surface area contributed by atoms with Gasteiger partial charge < -0.3 is 10.1 Å². The first-order valence-corrected chi connectivity index (χ1v) is 4.54. The highest BCUT2D eigenvalue weighted by molar-refractivity contribution is 5.38. The first kappa shape index (κ1) is 10.5. The van der Waals surface area contributed by atoms with Crippen LogP contribution in [0.15, 0.2) is 18.3 Å². The minimum absolute atomic E-state index is 0.570. The van der Waals surface area contributed by atoms with Crippen molar-refractivity contribution in [2.24, 2.45) is 0 Å². The van der Waals surface area contributed by atoms with Gasteiger partial charge in [0.15, 0.2) is 0 Å². The number of pyridine rings is 1. The van der Waals surface area contributed by atoms with Crippen LogP contribution in [0.25, 0.3) is 0 Å². The smallest absolute Gasteiger partial charge is 0.126 e. The predicted molar refractivity (Wildman–Crippen MR) is 53.9 cm³/mol. The largest absolute Gasteiger partial charge is 0.380 e. The van der Waals surface area contributed by atoms with Gasteiger partial charge in [-0.25, -0.2) is 4.98 Å². The molecule has 0 aromatic carbocycles. The number of hydrogen-bond donors (Lipinski definition) is 1. The summed E-state index contributed by atoms with van der Waals surface area (Å²) in [6, 6.07) is 5.53. The van der Waals surface area contributed by atoms with Crippen LogP contribution in [0.5, 0.6) is 0 Å². The molecule has 74 valence electrons. The topological polar surface area (TPSA) is 57.9 Å². The summed E-state index contributed by atoms with van der Waals surface area (Å²) in [7, 11) is 0. The van der Waals surface area contributed by atoms with Crippen LogP contribution in [0.2, 0.25) is 0 Å². The van der Waals surface area contributed by atoms with Gasteiger partial charge in [0.1, 0.15) is 11.9 Å². The van der Waals surface area contributed by atoms with Gasteiger partial charge in [-0.1, -0.05) is 0 Å². The molecule has 0 radical (unpaired) electrons. The Kier molecular flexibility index (Phi) is 4.45. The molecule has 1 aromatic rings. The summed E-state index contributed by atoms with van der Waals surface area (Å²) < 4.78 is 5.16. The van der Waals surface area contributed by atoms with Crippen LogP contribution in [0.4, 0.5) is 5.82 Å². The van der Waals surface area contributed by atoms with E-state index in [1.807, 2.05) is 13.0 Å². The number of aromatic nitrogens is 1. The average molecular weight is 191 g/mol. The van der Waals surface area contributed by atoms with Crippen molar-refractivity contribution >= 4 is 5.82 Å².